The molecule has 31 heavy (non-hydrogen) atoms. The van der Waals surface area contributed by atoms with Crippen LogP contribution in [0.1, 0.15) is 97.8 Å². The second-order valence-corrected chi connectivity index (χ2v) is 8.75. The third-order valence-corrected chi connectivity index (χ3v) is 6.03. The van der Waals surface area contributed by atoms with E-state index in [0.29, 0.717) is 11.8 Å². The van der Waals surface area contributed by atoms with Crippen LogP contribution in [0.25, 0.3) is 0 Å². The minimum Gasteiger partial charge on any atom is -0.462 e. The summed E-state index contributed by atoms with van der Waals surface area (Å²) in [6.07, 6.45) is 20.7. The molecule has 0 radical (unpaired) electrons. The summed E-state index contributed by atoms with van der Waals surface area (Å²) in [6.45, 7) is 5.32. The Hall–Kier alpha value is -1.62. The van der Waals surface area contributed by atoms with Crippen LogP contribution in [0.2, 0.25) is 0 Å². The van der Waals surface area contributed by atoms with Gasteiger partial charge in [0.2, 0.25) is 0 Å². The molecular formula is C26H44O5. The van der Waals surface area contributed by atoms with Gasteiger partial charge in [-0.25, -0.2) is 0 Å². The van der Waals surface area contributed by atoms with Crippen LogP contribution in [-0.4, -0.2) is 35.9 Å². The Bertz CT molecular complexity index is 554. The summed E-state index contributed by atoms with van der Waals surface area (Å²) in [7, 11) is 0. The number of ether oxygens (including phenoxy) is 2. The van der Waals surface area contributed by atoms with E-state index >= 15 is 0 Å². The van der Waals surface area contributed by atoms with E-state index in [1.165, 1.54) is 46.0 Å². The second kappa shape index (κ2) is 17.0. The molecule has 0 aliphatic heterocycles. The third kappa shape index (κ3) is 12.7. The molecule has 5 nitrogen and oxygen atoms in total. The van der Waals surface area contributed by atoms with Gasteiger partial charge in [0, 0.05) is 26.4 Å². The molecule has 0 aromatic carbocycles. The van der Waals surface area contributed by atoms with Crippen molar-refractivity contribution in [2.75, 3.05) is 6.61 Å². The van der Waals surface area contributed by atoms with Crippen molar-refractivity contribution in [1.29, 1.82) is 0 Å². The zero-order chi connectivity index (χ0) is 22.9. The van der Waals surface area contributed by atoms with Crippen LogP contribution < -0.4 is 0 Å². The average Bonchev–Trinajstić information content (AvgIpc) is 2.68. The van der Waals surface area contributed by atoms with Crippen LogP contribution in [0.5, 0.6) is 0 Å². The van der Waals surface area contributed by atoms with Gasteiger partial charge in [-0.15, -0.1) is 0 Å². The average molecular weight is 437 g/mol. The van der Waals surface area contributed by atoms with E-state index in [9.17, 15) is 9.59 Å². The van der Waals surface area contributed by atoms with Crippen molar-refractivity contribution >= 4 is 11.9 Å². The molecule has 0 amide bonds. The number of rotatable bonds is 17. The van der Waals surface area contributed by atoms with E-state index in [1.807, 2.05) is 18.2 Å². The molecule has 5 heteroatoms. The van der Waals surface area contributed by atoms with Crippen LogP contribution in [-0.2, 0) is 19.1 Å². The van der Waals surface area contributed by atoms with Crippen molar-refractivity contribution in [1.82, 2.24) is 0 Å². The van der Waals surface area contributed by atoms with Gasteiger partial charge in [0.05, 0.1) is 0 Å². The first-order valence-electron chi connectivity index (χ1n) is 12.3. The molecule has 0 aromatic rings. The van der Waals surface area contributed by atoms with Gasteiger partial charge in [-0.2, -0.15) is 0 Å². The molecular weight excluding hydrogens is 392 g/mol. The Balaban J connectivity index is 2.50. The fourth-order valence-corrected chi connectivity index (χ4v) is 4.21. The Kier molecular flexibility index (Phi) is 15.0. The van der Waals surface area contributed by atoms with Crippen molar-refractivity contribution in [3.05, 3.63) is 24.3 Å². The van der Waals surface area contributed by atoms with Gasteiger partial charge in [0.15, 0.2) is 0 Å². The number of allylic oxidation sites excluding steroid dienone is 3. The van der Waals surface area contributed by atoms with E-state index in [2.05, 4.69) is 13.0 Å². The molecule has 1 saturated carbocycles. The third-order valence-electron chi connectivity index (χ3n) is 6.03. The minimum absolute atomic E-state index is 0.0714. The number of hydrogen-bond donors (Lipinski definition) is 1. The molecule has 1 N–H and O–H groups in total. The largest absolute Gasteiger partial charge is 0.462 e. The lowest BCUT2D eigenvalue weighted by atomic mass is 9.69. The number of esters is 2. The lowest BCUT2D eigenvalue weighted by molar-refractivity contribution is -0.153. The van der Waals surface area contributed by atoms with Crippen LogP contribution in [0.3, 0.4) is 0 Å². The maximum atomic E-state index is 11.5. The van der Waals surface area contributed by atoms with E-state index in [0.717, 1.165) is 44.9 Å². The summed E-state index contributed by atoms with van der Waals surface area (Å²) in [6, 6.07) is 0. The number of aliphatic hydroxyl groups excluding tert-OH is 1. The van der Waals surface area contributed by atoms with E-state index < -0.39 is 0 Å². The molecule has 1 aliphatic rings. The summed E-state index contributed by atoms with van der Waals surface area (Å²) in [4.78, 5) is 22.9. The first-order valence-corrected chi connectivity index (χ1v) is 12.3. The second-order valence-electron chi connectivity index (χ2n) is 8.75. The van der Waals surface area contributed by atoms with Crippen LogP contribution >= 0.6 is 0 Å². The highest BCUT2D eigenvalue weighted by Crippen LogP contribution is 2.40. The maximum Gasteiger partial charge on any atom is 0.303 e. The number of unbranched alkanes of at least 4 members (excludes halogenated alkanes) is 6. The Labute approximate surface area is 189 Å². The van der Waals surface area contributed by atoms with Gasteiger partial charge < -0.3 is 14.6 Å². The van der Waals surface area contributed by atoms with Crippen LogP contribution in [0, 0.1) is 11.8 Å². The summed E-state index contributed by atoms with van der Waals surface area (Å²) in [5, 5.41) is 9.01. The van der Waals surface area contributed by atoms with Gasteiger partial charge in [0.25, 0.3) is 0 Å². The highest BCUT2D eigenvalue weighted by atomic mass is 16.5. The molecule has 2 unspecified atom stereocenters. The van der Waals surface area contributed by atoms with Gasteiger partial charge in [-0.1, -0.05) is 57.3 Å². The molecule has 0 heterocycles. The zero-order valence-electron chi connectivity index (χ0n) is 19.9. The lowest BCUT2D eigenvalue weighted by Gasteiger charge is -2.39. The number of hydrogen-bond acceptors (Lipinski definition) is 5. The maximum absolute atomic E-state index is 11.5. The van der Waals surface area contributed by atoms with Crippen molar-refractivity contribution in [3.63, 3.8) is 0 Å². The number of aliphatic hydroxyl groups is 1. The molecule has 1 fully saturated rings. The molecule has 1 rings (SSSR count). The molecule has 0 bridgehead atoms. The van der Waals surface area contributed by atoms with E-state index in [1.54, 1.807) is 0 Å². The van der Waals surface area contributed by atoms with Crippen molar-refractivity contribution in [2.24, 2.45) is 11.8 Å². The van der Waals surface area contributed by atoms with E-state index in [4.69, 9.17) is 14.6 Å². The predicted octanol–water partition coefficient (Wildman–Crippen LogP) is 5.90. The van der Waals surface area contributed by atoms with Crippen molar-refractivity contribution in [2.45, 2.75) is 110 Å². The Morgan fingerprint density at radius 3 is 2.19 bits per heavy atom. The van der Waals surface area contributed by atoms with Gasteiger partial charge in [-0.3, -0.25) is 9.59 Å². The van der Waals surface area contributed by atoms with Crippen molar-refractivity contribution in [3.8, 4) is 0 Å². The summed E-state index contributed by atoms with van der Waals surface area (Å²) in [5.41, 5.74) is 0. The number of carbonyl (C=O) groups excluding carboxylic acids is 2. The Morgan fingerprint density at radius 1 is 0.903 bits per heavy atom. The topological polar surface area (TPSA) is 72.8 Å². The summed E-state index contributed by atoms with van der Waals surface area (Å²) < 4.78 is 11.0. The van der Waals surface area contributed by atoms with E-state index in [-0.39, 0.29) is 30.8 Å². The lowest BCUT2D eigenvalue weighted by Crippen LogP contribution is -2.37. The summed E-state index contributed by atoms with van der Waals surface area (Å²) >= 11 is 0. The fourth-order valence-electron chi connectivity index (χ4n) is 4.21. The smallest absolute Gasteiger partial charge is 0.303 e. The normalized spacial score (nSPS) is 20.5. The van der Waals surface area contributed by atoms with Crippen LogP contribution in [0.15, 0.2) is 24.3 Å². The first-order chi connectivity index (χ1) is 15.0. The highest BCUT2D eigenvalue weighted by molar-refractivity contribution is 5.66. The van der Waals surface area contributed by atoms with Crippen LogP contribution in [0.4, 0.5) is 0 Å². The highest BCUT2D eigenvalue weighted by Gasteiger charge is 2.36. The molecule has 178 valence electrons. The molecule has 1 aliphatic carbocycles. The standard InChI is InChI=1S/C26H44O5/c1-4-5-6-7-8-9-15-24(30-21(2)28)16-11-10-14-23-18-19-25(23)26(31-22(3)29)17-12-13-20-27/h10-11,14,16,23-27H,4-9,12-13,15,17-20H2,1-3H3/b14-10+,16-11+/t23-,24?,25+,26?/m0/s1. The quantitative estimate of drug-likeness (QED) is 0.174. The summed E-state index contributed by atoms with van der Waals surface area (Å²) in [5.74, 6) is 0.270. The van der Waals surface area contributed by atoms with Crippen molar-refractivity contribution < 1.29 is 24.2 Å². The SMILES string of the molecule is CCCCCCCCC(/C=C/C=C/[C@H]1CC[C@H]1C(CCCCO)OC(C)=O)OC(C)=O. The zero-order valence-corrected chi connectivity index (χ0v) is 19.9. The predicted molar refractivity (Wildman–Crippen MR) is 125 cm³/mol. The van der Waals surface area contributed by atoms with Gasteiger partial charge in [-0.05, 0) is 56.9 Å². The minimum atomic E-state index is -0.240. The molecule has 0 aromatic heterocycles. The number of carbonyl (C=O) groups is 2. The van der Waals surface area contributed by atoms with Gasteiger partial charge in [0.1, 0.15) is 12.2 Å². The van der Waals surface area contributed by atoms with Gasteiger partial charge >= 0.3 is 11.9 Å². The fraction of sp³-hybridized carbons (Fsp3) is 0.769. The molecule has 0 saturated heterocycles. The molecule has 4 atom stereocenters. The first kappa shape index (κ1) is 27.4. The monoisotopic (exact) mass is 436 g/mol. The molecule has 0 spiro atoms. The Morgan fingerprint density at radius 2 is 1.58 bits per heavy atom.